The molecule has 0 bridgehead atoms. The number of nitrogens with one attached hydrogen (secondary N) is 3. The van der Waals surface area contributed by atoms with Crippen LogP contribution in [-0.4, -0.2) is 86.7 Å². The van der Waals surface area contributed by atoms with E-state index in [1.54, 1.807) is 76.7 Å². The topological polar surface area (TPSA) is 142 Å². The monoisotopic (exact) mass is 836 g/mol. The smallest absolute Gasteiger partial charge is 0.267 e. The van der Waals surface area contributed by atoms with Crippen molar-refractivity contribution in [3.05, 3.63) is 130 Å². The van der Waals surface area contributed by atoms with Gasteiger partial charge in [0.2, 0.25) is 17.8 Å². The molecule has 2 aromatic heterocycles. The van der Waals surface area contributed by atoms with Crippen molar-refractivity contribution in [1.82, 2.24) is 29.7 Å². The van der Waals surface area contributed by atoms with Gasteiger partial charge in [0.1, 0.15) is 17.6 Å². The van der Waals surface area contributed by atoms with Crippen molar-refractivity contribution < 1.29 is 31.9 Å². The highest BCUT2D eigenvalue weighted by atomic mass is 19.3. The lowest BCUT2D eigenvalue weighted by molar-refractivity contribution is -0.133. The number of rotatable bonds is 11. The van der Waals surface area contributed by atoms with Crippen LogP contribution >= 0.6 is 0 Å². The van der Waals surface area contributed by atoms with Gasteiger partial charge in [-0.1, -0.05) is 30.3 Å². The van der Waals surface area contributed by atoms with Crippen LogP contribution in [-0.2, 0) is 9.59 Å². The molecule has 3 N–H and O–H groups in total. The normalized spacial score (nSPS) is 19.6. The van der Waals surface area contributed by atoms with Crippen molar-refractivity contribution in [1.29, 1.82) is 0 Å². The number of carbonyl (C=O) groups is 3. The zero-order chi connectivity index (χ0) is 42.7. The number of benzene rings is 3. The van der Waals surface area contributed by atoms with Gasteiger partial charge in [-0.25, -0.2) is 27.5 Å². The van der Waals surface area contributed by atoms with E-state index in [2.05, 4.69) is 25.9 Å². The molecule has 2 atom stereocenters. The van der Waals surface area contributed by atoms with Crippen LogP contribution in [0.1, 0.15) is 60.4 Å². The fourth-order valence-corrected chi connectivity index (χ4v) is 8.42. The summed E-state index contributed by atoms with van der Waals surface area (Å²) in [5, 5.41) is 8.20. The standard InChI is InChI=1S/C45H44F4N8O4/c46-36-25-32(51-38-12-13-39(58)53-42(38)60)10-11-34(36)35-17-20-55(27-45(35,48)49)19-14-28-15-21-56(22-16-28)43(61)30-6-3-7-31(23-30)52-44-50-26-37(47)41(54-44)29-5-4-8-33(24-29)57-18-2-1-9-40(57)59/h1-11,18,23-26,28,35,38,51H,12-17,19-22,27H2,(H,50,52,54)(H,53,58,60). The molecule has 0 saturated carbocycles. The zero-order valence-electron chi connectivity index (χ0n) is 33.1. The number of amides is 3. The molecule has 3 aliphatic heterocycles. The number of likely N-dealkylation sites (tertiary alicyclic amines) is 2. The fourth-order valence-electron chi connectivity index (χ4n) is 8.42. The van der Waals surface area contributed by atoms with Gasteiger partial charge in [-0.3, -0.25) is 34.0 Å². The minimum Gasteiger partial charge on any atom is -0.374 e. The van der Waals surface area contributed by atoms with E-state index in [1.807, 2.05) is 0 Å². The first kappa shape index (κ1) is 41.3. The lowest BCUT2D eigenvalue weighted by Gasteiger charge is -2.40. The van der Waals surface area contributed by atoms with E-state index in [4.69, 9.17) is 0 Å². The summed E-state index contributed by atoms with van der Waals surface area (Å²) in [6.45, 7) is 1.42. The summed E-state index contributed by atoms with van der Waals surface area (Å²) in [5.74, 6) is -6.49. The molecule has 8 rings (SSSR count). The number of alkyl halides is 2. The van der Waals surface area contributed by atoms with Crippen LogP contribution in [0.4, 0.5) is 34.9 Å². The summed E-state index contributed by atoms with van der Waals surface area (Å²) < 4.78 is 62.8. The first-order valence-electron chi connectivity index (χ1n) is 20.4. The molecule has 12 nitrogen and oxygen atoms in total. The molecule has 3 amide bonds. The summed E-state index contributed by atoms with van der Waals surface area (Å²) in [5.41, 5.74) is 2.02. The van der Waals surface area contributed by atoms with E-state index >= 15 is 17.6 Å². The predicted octanol–water partition coefficient (Wildman–Crippen LogP) is 6.90. The van der Waals surface area contributed by atoms with Crippen molar-refractivity contribution in [2.75, 3.05) is 43.4 Å². The molecule has 0 aliphatic carbocycles. The number of hydrogen-bond acceptors (Lipinski definition) is 9. The second-order valence-corrected chi connectivity index (χ2v) is 15.8. The van der Waals surface area contributed by atoms with Gasteiger partial charge >= 0.3 is 0 Å². The molecule has 61 heavy (non-hydrogen) atoms. The second kappa shape index (κ2) is 17.7. The molecule has 0 radical (unpaired) electrons. The van der Waals surface area contributed by atoms with Crippen LogP contribution in [0.3, 0.4) is 0 Å². The maximum atomic E-state index is 15.6. The molecule has 3 aliphatic rings. The summed E-state index contributed by atoms with van der Waals surface area (Å²) in [7, 11) is 0. The Kier molecular flexibility index (Phi) is 12.0. The molecule has 0 spiro atoms. The highest BCUT2D eigenvalue weighted by molar-refractivity contribution is 6.01. The number of imide groups is 1. The summed E-state index contributed by atoms with van der Waals surface area (Å²) in [6, 6.07) is 21.8. The molecule has 5 heterocycles. The lowest BCUT2D eigenvalue weighted by Crippen LogP contribution is -2.48. The van der Waals surface area contributed by atoms with E-state index in [0.29, 0.717) is 55.1 Å². The first-order chi connectivity index (χ1) is 29.4. The van der Waals surface area contributed by atoms with E-state index in [-0.39, 0.29) is 65.4 Å². The Morgan fingerprint density at radius 2 is 1.67 bits per heavy atom. The zero-order valence-corrected chi connectivity index (χ0v) is 33.1. The number of anilines is 3. The van der Waals surface area contributed by atoms with Crippen LogP contribution in [0.25, 0.3) is 16.9 Å². The predicted molar refractivity (Wildman–Crippen MR) is 221 cm³/mol. The Morgan fingerprint density at radius 3 is 2.44 bits per heavy atom. The Hall–Kier alpha value is -6.42. The maximum absolute atomic E-state index is 15.6. The molecule has 3 saturated heterocycles. The average molecular weight is 837 g/mol. The van der Waals surface area contributed by atoms with Crippen molar-refractivity contribution in [2.24, 2.45) is 5.92 Å². The Morgan fingerprint density at radius 1 is 0.852 bits per heavy atom. The van der Waals surface area contributed by atoms with E-state index in [1.165, 1.54) is 22.8 Å². The van der Waals surface area contributed by atoms with Crippen molar-refractivity contribution in [3.8, 4) is 16.9 Å². The first-order valence-corrected chi connectivity index (χ1v) is 20.4. The summed E-state index contributed by atoms with van der Waals surface area (Å²) in [6.07, 6.45) is 5.35. The number of hydrogen-bond donors (Lipinski definition) is 3. The van der Waals surface area contributed by atoms with Crippen LogP contribution in [0.5, 0.6) is 0 Å². The number of nitrogens with zero attached hydrogens (tertiary/aromatic N) is 5. The quantitative estimate of drug-likeness (QED) is 0.0958. The molecular weight excluding hydrogens is 793 g/mol. The van der Waals surface area contributed by atoms with Crippen LogP contribution in [0.2, 0.25) is 0 Å². The number of pyridine rings is 1. The Labute approximate surface area is 349 Å². The molecule has 5 aromatic rings. The number of halogens is 4. The van der Waals surface area contributed by atoms with Gasteiger partial charge in [0, 0.05) is 60.0 Å². The SMILES string of the molecule is O=C1CCC(Nc2ccc(C3CCN(CCC4CCN(C(=O)c5cccc(Nc6ncc(F)c(-c7cccc(-n8ccccc8=O)c7)n6)c5)CC4)CC3(F)F)c(F)c2)C(=O)N1. The van der Waals surface area contributed by atoms with E-state index < -0.39 is 42.0 Å². The average Bonchev–Trinajstić information content (AvgIpc) is 3.25. The third-order valence-corrected chi connectivity index (χ3v) is 11.7. The third-order valence-electron chi connectivity index (χ3n) is 11.7. The van der Waals surface area contributed by atoms with Gasteiger partial charge in [0.05, 0.1) is 18.7 Å². The van der Waals surface area contributed by atoms with E-state index in [0.717, 1.165) is 25.1 Å². The molecule has 2 unspecified atom stereocenters. The number of carbonyl (C=O) groups excluding carboxylic acids is 3. The maximum Gasteiger partial charge on any atom is 0.267 e. The lowest BCUT2D eigenvalue weighted by atomic mass is 9.85. The van der Waals surface area contributed by atoms with Crippen molar-refractivity contribution in [2.45, 2.75) is 56.4 Å². The summed E-state index contributed by atoms with van der Waals surface area (Å²) >= 11 is 0. The molecule has 3 fully saturated rings. The van der Waals surface area contributed by atoms with Crippen LogP contribution in [0, 0.1) is 17.6 Å². The van der Waals surface area contributed by atoms with Gasteiger partial charge in [-0.15, -0.1) is 0 Å². The molecule has 316 valence electrons. The largest absolute Gasteiger partial charge is 0.374 e. The molecule has 16 heteroatoms. The van der Waals surface area contributed by atoms with Crippen molar-refractivity contribution >= 4 is 35.0 Å². The van der Waals surface area contributed by atoms with Crippen LogP contribution < -0.4 is 21.5 Å². The Balaban J connectivity index is 0.819. The number of aromatic nitrogens is 3. The molecule has 3 aromatic carbocycles. The minimum absolute atomic E-state index is 0.0391. The van der Waals surface area contributed by atoms with Gasteiger partial charge in [0.15, 0.2) is 5.82 Å². The molecular formula is C45H44F4N8O4. The highest BCUT2D eigenvalue weighted by Crippen LogP contribution is 2.42. The van der Waals surface area contributed by atoms with E-state index in [9.17, 15) is 19.2 Å². The summed E-state index contributed by atoms with van der Waals surface area (Å²) in [4.78, 5) is 61.5. The highest BCUT2D eigenvalue weighted by Gasteiger charge is 2.46. The van der Waals surface area contributed by atoms with Gasteiger partial charge in [-0.2, -0.15) is 0 Å². The van der Waals surface area contributed by atoms with Gasteiger partial charge < -0.3 is 15.5 Å². The van der Waals surface area contributed by atoms with Crippen LogP contribution in [0.15, 0.2) is 102 Å². The minimum atomic E-state index is -3.15. The van der Waals surface area contributed by atoms with Crippen molar-refractivity contribution in [3.63, 3.8) is 0 Å². The second-order valence-electron chi connectivity index (χ2n) is 15.8. The third kappa shape index (κ3) is 9.49. The van der Waals surface area contributed by atoms with Gasteiger partial charge in [0.25, 0.3) is 17.4 Å². The van der Waals surface area contributed by atoms with Gasteiger partial charge in [-0.05, 0) is 105 Å². The number of piperidine rings is 3. The fraction of sp³-hybridized carbons (Fsp3) is 0.333. The Bertz CT molecular complexity index is 2510.